The molecule has 2 atom stereocenters. The first kappa shape index (κ1) is 21.6. The molecule has 3 heterocycles. The average Bonchev–Trinajstić information content (AvgIpc) is 3.39. The van der Waals surface area contributed by atoms with Crippen molar-refractivity contribution >= 4 is 51.8 Å². The first-order chi connectivity index (χ1) is 15.2. The highest BCUT2D eigenvalue weighted by atomic mass is 35.5. The third kappa shape index (κ3) is 4.10. The van der Waals surface area contributed by atoms with Crippen LogP contribution >= 0.6 is 22.9 Å². The number of carbonyl (C=O) groups is 2. The summed E-state index contributed by atoms with van der Waals surface area (Å²) in [5.41, 5.74) is 6.75. The molecule has 0 aliphatic carbocycles. The normalized spacial score (nSPS) is 13.1. The van der Waals surface area contributed by atoms with Gasteiger partial charge in [0.1, 0.15) is 5.65 Å². The number of hydrogen-bond acceptors (Lipinski definition) is 6. The SMILES string of the molecule is CC(c1ccc(C(=O)NC(C(=O)O)c2ccc(Cl)cc2)s1)c1c[nH]c2nc(N)[nH]c(=O)c12. The van der Waals surface area contributed by atoms with E-state index in [2.05, 4.69) is 20.3 Å². The van der Waals surface area contributed by atoms with E-state index in [4.69, 9.17) is 17.3 Å². The minimum absolute atomic E-state index is 0.0207. The number of amides is 1. The van der Waals surface area contributed by atoms with Crippen LogP contribution in [-0.4, -0.2) is 31.9 Å². The van der Waals surface area contributed by atoms with Crippen molar-refractivity contribution in [3.8, 4) is 0 Å². The fourth-order valence-corrected chi connectivity index (χ4v) is 4.54. The number of benzene rings is 1. The number of hydrogen-bond donors (Lipinski definition) is 5. The molecular weight excluding hydrogens is 454 g/mol. The van der Waals surface area contributed by atoms with Crippen molar-refractivity contribution in [2.24, 2.45) is 0 Å². The Morgan fingerprint density at radius 1 is 1.22 bits per heavy atom. The van der Waals surface area contributed by atoms with Gasteiger partial charge >= 0.3 is 5.97 Å². The van der Waals surface area contributed by atoms with Gasteiger partial charge in [0.25, 0.3) is 11.5 Å². The molecule has 32 heavy (non-hydrogen) atoms. The van der Waals surface area contributed by atoms with E-state index < -0.39 is 17.9 Å². The summed E-state index contributed by atoms with van der Waals surface area (Å²) in [5, 5.41) is 13.0. The highest BCUT2D eigenvalue weighted by Crippen LogP contribution is 2.33. The predicted octanol–water partition coefficient (Wildman–Crippen LogP) is 3.26. The summed E-state index contributed by atoms with van der Waals surface area (Å²) in [7, 11) is 0. The van der Waals surface area contributed by atoms with Crippen LogP contribution in [0.3, 0.4) is 0 Å². The summed E-state index contributed by atoms with van der Waals surface area (Å²) in [4.78, 5) is 47.5. The average molecular weight is 472 g/mol. The number of fused-ring (bicyclic) bond motifs is 1. The third-order valence-corrected chi connectivity index (χ3v) is 6.58. The number of aromatic amines is 2. The van der Waals surface area contributed by atoms with Crippen molar-refractivity contribution < 1.29 is 14.7 Å². The highest BCUT2D eigenvalue weighted by molar-refractivity contribution is 7.14. The molecule has 164 valence electrons. The summed E-state index contributed by atoms with van der Waals surface area (Å²) in [6.45, 7) is 1.90. The first-order valence-electron chi connectivity index (χ1n) is 9.50. The van der Waals surface area contributed by atoms with Gasteiger partial charge < -0.3 is 21.1 Å². The number of carbonyl (C=O) groups excluding carboxylic acids is 1. The van der Waals surface area contributed by atoms with Crippen molar-refractivity contribution in [1.29, 1.82) is 0 Å². The van der Waals surface area contributed by atoms with Gasteiger partial charge in [0.15, 0.2) is 6.04 Å². The number of carboxylic acid groups (broad SMARTS) is 1. The van der Waals surface area contributed by atoms with Gasteiger partial charge in [-0.1, -0.05) is 30.7 Å². The predicted molar refractivity (Wildman–Crippen MR) is 122 cm³/mol. The van der Waals surface area contributed by atoms with Crippen LogP contribution in [0.25, 0.3) is 11.0 Å². The molecule has 4 rings (SSSR count). The number of halogens is 1. The van der Waals surface area contributed by atoms with Crippen molar-refractivity contribution in [3.05, 3.63) is 78.9 Å². The molecule has 0 radical (unpaired) electrons. The smallest absolute Gasteiger partial charge is 0.330 e. The Morgan fingerprint density at radius 3 is 2.62 bits per heavy atom. The van der Waals surface area contributed by atoms with Gasteiger partial charge in [0.2, 0.25) is 5.95 Å². The van der Waals surface area contributed by atoms with Crippen molar-refractivity contribution in [2.45, 2.75) is 18.9 Å². The fourth-order valence-electron chi connectivity index (χ4n) is 3.43. The maximum Gasteiger partial charge on any atom is 0.330 e. The first-order valence-corrected chi connectivity index (χ1v) is 10.7. The van der Waals surface area contributed by atoms with E-state index in [0.29, 0.717) is 32.1 Å². The number of H-pyrrole nitrogens is 2. The van der Waals surface area contributed by atoms with Gasteiger partial charge in [0.05, 0.1) is 10.3 Å². The van der Waals surface area contributed by atoms with E-state index in [9.17, 15) is 19.5 Å². The molecule has 6 N–H and O–H groups in total. The van der Waals surface area contributed by atoms with E-state index in [1.807, 2.05) is 6.92 Å². The molecule has 1 aromatic carbocycles. The van der Waals surface area contributed by atoms with Crippen molar-refractivity contribution in [1.82, 2.24) is 20.3 Å². The molecule has 0 saturated carbocycles. The van der Waals surface area contributed by atoms with E-state index in [-0.39, 0.29) is 17.4 Å². The zero-order chi connectivity index (χ0) is 23.0. The summed E-state index contributed by atoms with van der Waals surface area (Å²) in [5.74, 6) is -1.89. The zero-order valence-electron chi connectivity index (χ0n) is 16.7. The second-order valence-electron chi connectivity index (χ2n) is 7.14. The molecular formula is C21H18ClN5O4S. The Kier molecular flexibility index (Phi) is 5.72. The minimum atomic E-state index is -1.22. The second-order valence-corrected chi connectivity index (χ2v) is 8.69. The lowest BCUT2D eigenvalue weighted by Gasteiger charge is -2.14. The van der Waals surface area contributed by atoms with E-state index >= 15 is 0 Å². The van der Waals surface area contributed by atoms with Crippen LogP contribution in [0.2, 0.25) is 5.02 Å². The number of rotatable bonds is 6. The van der Waals surface area contributed by atoms with Gasteiger partial charge in [-0.2, -0.15) is 4.98 Å². The second kappa shape index (κ2) is 8.48. The monoisotopic (exact) mass is 471 g/mol. The van der Waals surface area contributed by atoms with Gasteiger partial charge in [-0.05, 0) is 35.4 Å². The lowest BCUT2D eigenvalue weighted by atomic mass is 10.0. The zero-order valence-corrected chi connectivity index (χ0v) is 18.3. The molecule has 0 spiro atoms. The van der Waals surface area contributed by atoms with Gasteiger partial charge in [-0.15, -0.1) is 11.3 Å². The number of aliphatic carboxylic acids is 1. The van der Waals surface area contributed by atoms with Crippen LogP contribution in [0.4, 0.5) is 5.95 Å². The molecule has 0 saturated heterocycles. The van der Waals surface area contributed by atoms with Crippen molar-refractivity contribution in [3.63, 3.8) is 0 Å². The quantitative estimate of drug-likeness (QED) is 0.291. The van der Waals surface area contributed by atoms with Crippen LogP contribution in [0.15, 0.2) is 47.4 Å². The van der Waals surface area contributed by atoms with Crippen LogP contribution < -0.4 is 16.6 Å². The number of carboxylic acids is 1. The number of thiophene rings is 1. The van der Waals surface area contributed by atoms with Crippen molar-refractivity contribution in [2.75, 3.05) is 5.73 Å². The molecule has 0 aliphatic rings. The molecule has 9 nitrogen and oxygen atoms in total. The summed E-state index contributed by atoms with van der Waals surface area (Å²) in [6, 6.07) is 8.43. The minimum Gasteiger partial charge on any atom is -0.479 e. The van der Waals surface area contributed by atoms with E-state index in [1.54, 1.807) is 42.6 Å². The Hall–Kier alpha value is -3.63. The largest absolute Gasteiger partial charge is 0.479 e. The molecule has 1 amide bonds. The fraction of sp³-hybridized carbons (Fsp3) is 0.143. The Bertz CT molecular complexity index is 1380. The lowest BCUT2D eigenvalue weighted by molar-refractivity contribution is -0.139. The number of nitrogens with zero attached hydrogens (tertiary/aromatic N) is 1. The van der Waals surface area contributed by atoms with Crippen LogP contribution in [-0.2, 0) is 4.79 Å². The number of nitrogens with two attached hydrogens (primary N) is 1. The maximum absolute atomic E-state index is 12.8. The van der Waals surface area contributed by atoms with Gasteiger partial charge in [0, 0.05) is 22.0 Å². The Labute approximate surface area is 190 Å². The number of nitrogens with one attached hydrogen (secondary N) is 3. The summed E-state index contributed by atoms with van der Waals surface area (Å²) >= 11 is 7.08. The molecule has 2 unspecified atom stereocenters. The topological polar surface area (TPSA) is 154 Å². The molecule has 0 aliphatic heterocycles. The van der Waals surface area contributed by atoms with Crippen LogP contribution in [0.5, 0.6) is 0 Å². The van der Waals surface area contributed by atoms with Gasteiger partial charge in [-0.3, -0.25) is 14.6 Å². The summed E-state index contributed by atoms with van der Waals surface area (Å²) in [6.07, 6.45) is 1.69. The lowest BCUT2D eigenvalue weighted by Crippen LogP contribution is -2.33. The third-order valence-electron chi connectivity index (χ3n) is 5.06. The number of anilines is 1. The standard InChI is InChI=1S/C21H18ClN5O4S/c1-9(12-8-24-17-15(12)19(29)27-21(23)26-17)13-6-7-14(32-13)18(28)25-16(20(30)31)10-2-4-11(22)5-3-10/h2-9,16H,1H3,(H,25,28)(H,30,31)(H4,23,24,26,27,29). The summed E-state index contributed by atoms with van der Waals surface area (Å²) < 4.78 is 0. The maximum atomic E-state index is 12.8. The Balaban J connectivity index is 1.58. The number of nitrogen functional groups attached to an aromatic ring is 1. The molecule has 0 bridgehead atoms. The van der Waals surface area contributed by atoms with Crippen LogP contribution in [0.1, 0.15) is 44.6 Å². The van der Waals surface area contributed by atoms with Gasteiger partial charge in [-0.25, -0.2) is 4.79 Å². The molecule has 3 aromatic heterocycles. The molecule has 4 aromatic rings. The van der Waals surface area contributed by atoms with Crippen LogP contribution in [0, 0.1) is 0 Å². The highest BCUT2D eigenvalue weighted by Gasteiger charge is 2.25. The van der Waals surface area contributed by atoms with E-state index in [1.165, 1.54) is 11.3 Å². The van der Waals surface area contributed by atoms with E-state index in [0.717, 1.165) is 4.88 Å². The molecule has 0 fully saturated rings. The molecule has 11 heteroatoms. The number of aromatic nitrogens is 3. The Morgan fingerprint density at radius 2 is 1.94 bits per heavy atom.